The summed E-state index contributed by atoms with van der Waals surface area (Å²) in [5, 5.41) is 14.4. The maximum absolute atomic E-state index is 11.7. The van der Waals surface area contributed by atoms with Crippen LogP contribution in [0, 0.1) is 0 Å². The van der Waals surface area contributed by atoms with Gasteiger partial charge in [-0.25, -0.2) is 0 Å². The number of carbonyl (C=O) groups is 2. The molecule has 2 aromatic rings. The molecule has 30 heavy (non-hydrogen) atoms. The molecule has 1 amide bonds. The first-order valence-electron chi connectivity index (χ1n) is 9.88. The van der Waals surface area contributed by atoms with E-state index >= 15 is 0 Å². The van der Waals surface area contributed by atoms with Crippen molar-refractivity contribution >= 4 is 41.1 Å². The number of anilines is 3. The van der Waals surface area contributed by atoms with Crippen LogP contribution < -0.4 is 15.1 Å². The molecule has 1 aliphatic rings. The minimum atomic E-state index is -0.960. The number of nitrogens with one attached hydrogen (secondary N) is 1. The molecule has 1 aliphatic heterocycles. The molecule has 0 aliphatic carbocycles. The Morgan fingerprint density at radius 2 is 2.07 bits per heavy atom. The van der Waals surface area contributed by atoms with Crippen molar-refractivity contribution in [1.82, 2.24) is 19.9 Å². The first kappa shape index (κ1) is 21.8. The van der Waals surface area contributed by atoms with E-state index in [1.807, 2.05) is 21.2 Å². The second-order valence-corrected chi connectivity index (χ2v) is 8.14. The number of carboxylic acid groups (broad SMARTS) is 1. The van der Waals surface area contributed by atoms with Crippen molar-refractivity contribution in [3.63, 3.8) is 0 Å². The highest BCUT2D eigenvalue weighted by Gasteiger charge is 2.21. The van der Waals surface area contributed by atoms with Crippen LogP contribution in [0.5, 0.6) is 0 Å². The molecule has 2 aromatic heterocycles. The van der Waals surface area contributed by atoms with Crippen molar-refractivity contribution in [2.45, 2.75) is 19.8 Å². The summed E-state index contributed by atoms with van der Waals surface area (Å²) in [6.45, 7) is 4.65. The van der Waals surface area contributed by atoms with E-state index in [2.05, 4.69) is 26.3 Å². The molecule has 0 bridgehead atoms. The summed E-state index contributed by atoms with van der Waals surface area (Å²) >= 11 is 1.70. The summed E-state index contributed by atoms with van der Waals surface area (Å²) in [5.74, 6) is 0.301. The minimum absolute atomic E-state index is 0.0605. The number of hydrogen-bond donors (Lipinski definition) is 2. The quantitative estimate of drug-likeness (QED) is 0.633. The van der Waals surface area contributed by atoms with Gasteiger partial charge in [0.05, 0.1) is 0 Å². The predicted molar refractivity (Wildman–Crippen MR) is 116 cm³/mol. The van der Waals surface area contributed by atoms with Crippen molar-refractivity contribution in [3.8, 4) is 0 Å². The van der Waals surface area contributed by atoms with Gasteiger partial charge in [-0.2, -0.15) is 15.0 Å². The summed E-state index contributed by atoms with van der Waals surface area (Å²) in [4.78, 5) is 42.9. The molecule has 3 heterocycles. The molecule has 0 spiro atoms. The summed E-state index contributed by atoms with van der Waals surface area (Å²) < 4.78 is 0. The molecule has 1 fully saturated rings. The highest BCUT2D eigenvalue weighted by molar-refractivity contribution is 7.09. The number of carboxylic acids is 1. The van der Waals surface area contributed by atoms with Gasteiger partial charge in [0, 0.05) is 51.6 Å². The summed E-state index contributed by atoms with van der Waals surface area (Å²) in [5.41, 5.74) is 0. The third kappa shape index (κ3) is 6.02. The van der Waals surface area contributed by atoms with Crippen molar-refractivity contribution in [3.05, 3.63) is 22.4 Å². The Morgan fingerprint density at radius 3 is 2.77 bits per heavy atom. The van der Waals surface area contributed by atoms with Crippen molar-refractivity contribution in [2.75, 3.05) is 61.4 Å². The fourth-order valence-corrected chi connectivity index (χ4v) is 3.91. The zero-order chi connectivity index (χ0) is 21.5. The molecule has 10 nitrogen and oxygen atoms in total. The number of nitrogens with zero attached hydrogens (tertiary/aromatic N) is 6. The number of aliphatic carboxylic acids is 1. The smallest absolute Gasteiger partial charge is 0.323 e. The Morgan fingerprint density at radius 1 is 1.23 bits per heavy atom. The average Bonchev–Trinajstić information content (AvgIpc) is 3.08. The summed E-state index contributed by atoms with van der Waals surface area (Å²) in [6, 6.07) is 4.10. The molecule has 11 heteroatoms. The Balaban J connectivity index is 1.77. The van der Waals surface area contributed by atoms with Crippen molar-refractivity contribution in [2.24, 2.45) is 0 Å². The standard InChI is InChI=1S/C19H27N7O3S/c1-14(27)25-8-4-9-26(11-10-25)19-22-17(20-7-6-15-5-3-12-30-15)21-18(23-19)24(2)13-16(28)29/h3,5,12H,4,6-11,13H2,1-2H3,(H,28,29)(H,20,21,22,23). The van der Waals surface area contributed by atoms with Gasteiger partial charge in [0.2, 0.25) is 23.8 Å². The Labute approximate surface area is 179 Å². The molecule has 0 unspecified atom stereocenters. The number of rotatable bonds is 8. The summed E-state index contributed by atoms with van der Waals surface area (Å²) in [6.07, 6.45) is 1.66. The lowest BCUT2D eigenvalue weighted by molar-refractivity contribution is -0.135. The first-order valence-corrected chi connectivity index (χ1v) is 10.8. The number of hydrogen-bond acceptors (Lipinski definition) is 9. The van der Waals surface area contributed by atoms with Gasteiger partial charge in [-0.15, -0.1) is 11.3 Å². The zero-order valence-electron chi connectivity index (χ0n) is 17.2. The summed E-state index contributed by atoms with van der Waals surface area (Å²) in [7, 11) is 1.64. The van der Waals surface area contributed by atoms with Crippen molar-refractivity contribution < 1.29 is 14.7 Å². The molecule has 0 aromatic carbocycles. The normalized spacial score (nSPS) is 14.3. The second-order valence-electron chi connectivity index (χ2n) is 7.11. The fourth-order valence-electron chi connectivity index (χ4n) is 3.20. The first-order chi connectivity index (χ1) is 14.4. The number of likely N-dealkylation sites (N-methyl/N-ethyl adjacent to an activating group) is 1. The van der Waals surface area contributed by atoms with Crippen LogP contribution in [0.1, 0.15) is 18.2 Å². The van der Waals surface area contributed by atoms with Crippen LogP contribution in [0.25, 0.3) is 0 Å². The molecule has 0 radical (unpaired) electrons. The number of amides is 1. The molecular formula is C19H27N7O3S. The zero-order valence-corrected chi connectivity index (χ0v) is 18.1. The second kappa shape index (κ2) is 10.2. The topological polar surface area (TPSA) is 115 Å². The Hall–Kier alpha value is -2.95. The minimum Gasteiger partial charge on any atom is -0.480 e. The van der Waals surface area contributed by atoms with Gasteiger partial charge in [-0.1, -0.05) is 6.07 Å². The molecule has 1 saturated heterocycles. The van der Waals surface area contributed by atoms with E-state index in [0.717, 1.165) is 12.8 Å². The highest BCUT2D eigenvalue weighted by Crippen LogP contribution is 2.18. The van der Waals surface area contributed by atoms with Crippen LogP contribution in [0.2, 0.25) is 0 Å². The van der Waals surface area contributed by atoms with Gasteiger partial charge in [0.1, 0.15) is 6.54 Å². The van der Waals surface area contributed by atoms with Crippen LogP contribution in [0.4, 0.5) is 17.8 Å². The average molecular weight is 434 g/mol. The van der Waals surface area contributed by atoms with E-state index in [1.165, 1.54) is 9.78 Å². The monoisotopic (exact) mass is 433 g/mol. The Kier molecular flexibility index (Phi) is 7.39. The van der Waals surface area contributed by atoms with Crippen LogP contribution >= 0.6 is 11.3 Å². The highest BCUT2D eigenvalue weighted by atomic mass is 32.1. The van der Waals surface area contributed by atoms with Crippen LogP contribution in [0.15, 0.2) is 17.5 Å². The number of aromatic nitrogens is 3. The molecule has 2 N–H and O–H groups in total. The van der Waals surface area contributed by atoms with Gasteiger partial charge in [0.15, 0.2) is 0 Å². The van der Waals surface area contributed by atoms with E-state index in [0.29, 0.717) is 50.6 Å². The molecule has 0 saturated carbocycles. The number of carbonyl (C=O) groups excluding carboxylic acids is 1. The Bertz CT molecular complexity index is 862. The van der Waals surface area contributed by atoms with E-state index in [4.69, 9.17) is 5.11 Å². The lowest BCUT2D eigenvalue weighted by Gasteiger charge is -2.23. The lowest BCUT2D eigenvalue weighted by atomic mass is 10.3. The van der Waals surface area contributed by atoms with Gasteiger partial charge in [-0.05, 0) is 24.3 Å². The van der Waals surface area contributed by atoms with Gasteiger partial charge >= 0.3 is 5.97 Å². The lowest BCUT2D eigenvalue weighted by Crippen LogP contribution is -2.35. The van der Waals surface area contributed by atoms with E-state index < -0.39 is 5.97 Å². The van der Waals surface area contributed by atoms with Gasteiger partial charge in [0.25, 0.3) is 0 Å². The predicted octanol–water partition coefficient (Wildman–Crippen LogP) is 1.17. The third-order valence-corrected chi connectivity index (χ3v) is 5.72. The third-order valence-electron chi connectivity index (χ3n) is 4.78. The van der Waals surface area contributed by atoms with Gasteiger partial charge in [-0.3, -0.25) is 9.59 Å². The van der Waals surface area contributed by atoms with E-state index in [-0.39, 0.29) is 12.5 Å². The molecule has 3 rings (SSSR count). The molecule has 162 valence electrons. The van der Waals surface area contributed by atoms with Crippen molar-refractivity contribution in [1.29, 1.82) is 0 Å². The maximum Gasteiger partial charge on any atom is 0.323 e. The largest absolute Gasteiger partial charge is 0.480 e. The van der Waals surface area contributed by atoms with E-state index in [9.17, 15) is 9.59 Å². The van der Waals surface area contributed by atoms with Crippen LogP contribution in [-0.2, 0) is 16.0 Å². The SMILES string of the molecule is CC(=O)N1CCCN(c2nc(NCCc3cccs3)nc(N(C)CC(=O)O)n2)CC1. The molecular weight excluding hydrogens is 406 g/mol. The maximum atomic E-state index is 11.7. The molecule has 0 atom stereocenters. The fraction of sp³-hybridized carbons (Fsp3) is 0.526. The van der Waals surface area contributed by atoms with Crippen LogP contribution in [-0.4, -0.2) is 83.2 Å². The van der Waals surface area contributed by atoms with E-state index in [1.54, 1.807) is 25.3 Å². The van der Waals surface area contributed by atoms with Crippen LogP contribution in [0.3, 0.4) is 0 Å². The number of thiophene rings is 1. The van der Waals surface area contributed by atoms with Gasteiger partial charge < -0.3 is 25.1 Å².